The van der Waals surface area contributed by atoms with E-state index in [1.807, 2.05) is 0 Å². The molecule has 0 aromatic heterocycles. The van der Waals surface area contributed by atoms with Crippen LogP contribution in [0, 0.1) is 0 Å². The van der Waals surface area contributed by atoms with Crippen molar-refractivity contribution in [3.8, 4) is 0 Å². The van der Waals surface area contributed by atoms with Gasteiger partial charge in [-0.1, -0.05) is 12.1 Å². The van der Waals surface area contributed by atoms with Crippen molar-refractivity contribution in [3.63, 3.8) is 0 Å². The van der Waals surface area contributed by atoms with Gasteiger partial charge in [-0.2, -0.15) is 13.2 Å². The molecule has 6 nitrogen and oxygen atoms in total. The van der Waals surface area contributed by atoms with Crippen molar-refractivity contribution in [1.82, 2.24) is 15.1 Å². The van der Waals surface area contributed by atoms with Crippen molar-refractivity contribution in [1.29, 1.82) is 0 Å². The van der Waals surface area contributed by atoms with E-state index in [-0.39, 0.29) is 5.56 Å². The van der Waals surface area contributed by atoms with Gasteiger partial charge in [0.25, 0.3) is 5.91 Å². The number of imide groups is 1. The van der Waals surface area contributed by atoms with Crippen LogP contribution in [0.25, 0.3) is 0 Å². The number of carbonyl (C=O) groups is 3. The number of carbonyl (C=O) groups excluding carboxylic acids is 3. The molecule has 1 aliphatic heterocycles. The van der Waals surface area contributed by atoms with Gasteiger partial charge in [0.1, 0.15) is 12.1 Å². The average Bonchev–Trinajstić information content (AvgIpc) is 2.80. The number of halogens is 3. The van der Waals surface area contributed by atoms with Crippen LogP contribution in [-0.2, 0) is 21.3 Å². The second kappa shape index (κ2) is 6.97. The highest BCUT2D eigenvalue weighted by Gasteiger charge is 2.50. The lowest BCUT2D eigenvalue weighted by atomic mass is 9.90. The van der Waals surface area contributed by atoms with Gasteiger partial charge in [0.15, 0.2) is 0 Å². The highest BCUT2D eigenvalue weighted by molar-refractivity contribution is 6.09. The van der Waals surface area contributed by atoms with Crippen LogP contribution in [0.4, 0.5) is 18.0 Å². The van der Waals surface area contributed by atoms with Gasteiger partial charge in [-0.15, -0.1) is 0 Å². The lowest BCUT2D eigenvalue weighted by Crippen LogP contribution is -2.44. The molecule has 0 radical (unpaired) electrons. The van der Waals surface area contributed by atoms with E-state index in [0.29, 0.717) is 13.1 Å². The quantitative estimate of drug-likeness (QED) is 0.808. The van der Waals surface area contributed by atoms with Gasteiger partial charge in [0, 0.05) is 13.1 Å². The maximum Gasteiger partial charge on any atom is 0.416 e. The minimum Gasteiger partial charge on any atom is -0.342 e. The maximum atomic E-state index is 12.9. The number of alkyl halides is 3. The number of benzene rings is 1. The minimum atomic E-state index is -4.57. The molecule has 1 fully saturated rings. The van der Waals surface area contributed by atoms with E-state index < -0.39 is 41.7 Å². The SMILES string of the molecule is CCN(CC)C(=O)CN1C(=O)NC(C)(c2cccc(C(F)(F)F)c2)C1=O. The van der Waals surface area contributed by atoms with E-state index in [1.165, 1.54) is 24.0 Å². The van der Waals surface area contributed by atoms with E-state index in [1.54, 1.807) is 13.8 Å². The van der Waals surface area contributed by atoms with Crippen LogP contribution < -0.4 is 5.32 Å². The summed E-state index contributed by atoms with van der Waals surface area (Å²) < 4.78 is 38.8. The van der Waals surface area contributed by atoms with Crippen LogP contribution in [-0.4, -0.2) is 47.3 Å². The van der Waals surface area contributed by atoms with Crippen LogP contribution in [0.5, 0.6) is 0 Å². The van der Waals surface area contributed by atoms with Crippen LogP contribution in [0.2, 0.25) is 0 Å². The summed E-state index contributed by atoms with van der Waals surface area (Å²) in [6.45, 7) is 5.24. The molecule has 1 atom stereocenters. The lowest BCUT2D eigenvalue weighted by molar-refractivity contribution is -0.139. The van der Waals surface area contributed by atoms with Gasteiger partial charge >= 0.3 is 12.2 Å². The molecule has 1 heterocycles. The van der Waals surface area contributed by atoms with Gasteiger partial charge in [-0.25, -0.2) is 4.79 Å². The molecule has 1 unspecified atom stereocenters. The van der Waals surface area contributed by atoms with E-state index in [4.69, 9.17) is 0 Å². The number of nitrogens with zero attached hydrogens (tertiary/aromatic N) is 2. The molecule has 9 heteroatoms. The first kappa shape index (κ1) is 19.7. The Hall–Kier alpha value is -2.58. The second-order valence-electron chi connectivity index (χ2n) is 6.09. The van der Waals surface area contributed by atoms with E-state index >= 15 is 0 Å². The van der Waals surface area contributed by atoms with E-state index in [0.717, 1.165) is 17.0 Å². The fourth-order valence-corrected chi connectivity index (χ4v) is 2.85. The topological polar surface area (TPSA) is 69.7 Å². The molecule has 1 saturated heterocycles. The van der Waals surface area contributed by atoms with Crippen molar-refractivity contribution in [3.05, 3.63) is 35.4 Å². The standard InChI is InChI=1S/C17H20F3N3O3/c1-4-22(5-2)13(24)10-23-14(25)16(3,21-15(23)26)11-7-6-8-12(9-11)17(18,19)20/h6-9H,4-5,10H2,1-3H3,(H,21,26). The fraction of sp³-hybridized carbons (Fsp3) is 0.471. The van der Waals surface area contributed by atoms with Gasteiger partial charge in [0.05, 0.1) is 5.56 Å². The zero-order valence-electron chi connectivity index (χ0n) is 14.7. The van der Waals surface area contributed by atoms with Crippen LogP contribution in [0.15, 0.2) is 24.3 Å². The Balaban J connectivity index is 2.31. The maximum absolute atomic E-state index is 12.9. The highest BCUT2D eigenvalue weighted by Crippen LogP contribution is 2.34. The summed E-state index contributed by atoms with van der Waals surface area (Å²) in [5, 5.41) is 2.40. The number of nitrogens with one attached hydrogen (secondary N) is 1. The number of urea groups is 1. The molecule has 1 aromatic carbocycles. The number of hydrogen-bond donors (Lipinski definition) is 1. The Kier molecular flexibility index (Phi) is 5.29. The predicted molar refractivity (Wildman–Crippen MR) is 87.0 cm³/mol. The first-order chi connectivity index (χ1) is 12.0. The molecular formula is C17H20F3N3O3. The van der Waals surface area contributed by atoms with Crippen molar-refractivity contribution in [2.24, 2.45) is 0 Å². The Labute approximate surface area is 148 Å². The largest absolute Gasteiger partial charge is 0.416 e. The first-order valence-electron chi connectivity index (χ1n) is 8.14. The predicted octanol–water partition coefficient (Wildman–Crippen LogP) is 2.34. The lowest BCUT2D eigenvalue weighted by Gasteiger charge is -2.24. The average molecular weight is 371 g/mol. The first-order valence-corrected chi connectivity index (χ1v) is 8.14. The Morgan fingerprint density at radius 2 is 1.85 bits per heavy atom. The monoisotopic (exact) mass is 371 g/mol. The number of likely N-dealkylation sites (N-methyl/N-ethyl adjacent to an activating group) is 1. The zero-order valence-corrected chi connectivity index (χ0v) is 14.7. The third kappa shape index (κ3) is 3.51. The van der Waals surface area contributed by atoms with Crippen LogP contribution in [0.3, 0.4) is 0 Å². The third-order valence-corrected chi connectivity index (χ3v) is 4.45. The van der Waals surface area contributed by atoms with Gasteiger partial charge in [-0.05, 0) is 38.5 Å². The summed E-state index contributed by atoms with van der Waals surface area (Å²) >= 11 is 0. The molecule has 142 valence electrons. The molecule has 4 amide bonds. The fourth-order valence-electron chi connectivity index (χ4n) is 2.85. The summed E-state index contributed by atoms with van der Waals surface area (Å²) in [7, 11) is 0. The summed E-state index contributed by atoms with van der Waals surface area (Å²) in [5.74, 6) is -1.17. The summed E-state index contributed by atoms with van der Waals surface area (Å²) in [4.78, 5) is 39.3. The minimum absolute atomic E-state index is 0.00321. The zero-order chi connectivity index (χ0) is 19.7. The molecule has 1 N–H and O–H groups in total. The Morgan fingerprint density at radius 3 is 2.38 bits per heavy atom. The number of hydrogen-bond acceptors (Lipinski definition) is 3. The molecule has 0 spiro atoms. The Bertz CT molecular complexity index is 731. The van der Waals surface area contributed by atoms with Gasteiger partial charge in [-0.3, -0.25) is 14.5 Å². The molecule has 26 heavy (non-hydrogen) atoms. The molecule has 0 saturated carbocycles. The number of rotatable bonds is 5. The van der Waals surface area contributed by atoms with Crippen molar-refractivity contribution >= 4 is 17.8 Å². The van der Waals surface area contributed by atoms with E-state index in [9.17, 15) is 27.6 Å². The van der Waals surface area contributed by atoms with Gasteiger partial charge in [0.2, 0.25) is 5.91 Å². The van der Waals surface area contributed by atoms with E-state index in [2.05, 4.69) is 5.32 Å². The van der Waals surface area contributed by atoms with Crippen LogP contribution >= 0.6 is 0 Å². The van der Waals surface area contributed by atoms with Crippen LogP contribution in [0.1, 0.15) is 31.9 Å². The molecule has 2 rings (SSSR count). The Morgan fingerprint density at radius 1 is 1.23 bits per heavy atom. The smallest absolute Gasteiger partial charge is 0.342 e. The second-order valence-corrected chi connectivity index (χ2v) is 6.09. The number of amides is 4. The third-order valence-electron chi connectivity index (χ3n) is 4.45. The summed E-state index contributed by atoms with van der Waals surface area (Å²) in [6.07, 6.45) is -4.57. The summed E-state index contributed by atoms with van der Waals surface area (Å²) in [6, 6.07) is 3.41. The molecule has 1 aromatic rings. The molecule has 1 aliphatic rings. The van der Waals surface area contributed by atoms with Gasteiger partial charge < -0.3 is 10.2 Å². The van der Waals surface area contributed by atoms with Crippen molar-refractivity contribution in [2.45, 2.75) is 32.5 Å². The highest BCUT2D eigenvalue weighted by atomic mass is 19.4. The van der Waals surface area contributed by atoms with Crippen molar-refractivity contribution < 1.29 is 27.6 Å². The molecular weight excluding hydrogens is 351 g/mol. The molecule has 0 bridgehead atoms. The van der Waals surface area contributed by atoms with Crippen molar-refractivity contribution in [2.75, 3.05) is 19.6 Å². The molecule has 0 aliphatic carbocycles. The summed E-state index contributed by atoms with van der Waals surface area (Å²) in [5.41, 5.74) is -2.58. The normalized spacial score (nSPS) is 20.3.